The minimum absolute atomic E-state index is 0. The molecule has 0 saturated carbocycles. The van der Waals surface area contributed by atoms with Crippen LogP contribution in [-0.4, -0.2) is 21.5 Å². The summed E-state index contributed by atoms with van der Waals surface area (Å²) in [6.45, 7) is 0.458. The Hall–Kier alpha value is 0.150. The van der Waals surface area contributed by atoms with Gasteiger partial charge in [-0.2, -0.15) is 0 Å². The van der Waals surface area contributed by atoms with E-state index in [1.807, 2.05) is 0 Å². The molecular weight excluding hydrogens is 339 g/mol. The average molecular weight is 350 g/mol. The number of benzene rings is 1. The highest BCUT2D eigenvalue weighted by Crippen LogP contribution is 2.24. The molecule has 0 aliphatic rings. The molecular formula is C8H11BrCl2N2O2S. The van der Waals surface area contributed by atoms with Crippen molar-refractivity contribution in [3.8, 4) is 0 Å². The fourth-order valence-electron chi connectivity index (χ4n) is 0.921. The Morgan fingerprint density at radius 2 is 2.06 bits per heavy atom. The quantitative estimate of drug-likeness (QED) is 0.869. The zero-order valence-electron chi connectivity index (χ0n) is 8.11. The summed E-state index contributed by atoms with van der Waals surface area (Å²) in [7, 11) is -3.50. The molecule has 1 rings (SSSR count). The van der Waals surface area contributed by atoms with Gasteiger partial charge in [0.15, 0.2) is 0 Å². The maximum Gasteiger partial charge on any atom is 0.240 e. The Labute approximate surface area is 114 Å². The summed E-state index contributed by atoms with van der Waals surface area (Å²) < 4.78 is 26.2. The van der Waals surface area contributed by atoms with Gasteiger partial charge in [-0.05, 0) is 34.1 Å². The lowest BCUT2D eigenvalue weighted by atomic mass is 10.4. The highest BCUT2D eigenvalue weighted by molar-refractivity contribution is 9.10. The number of nitrogens with two attached hydrogens (primary N) is 1. The van der Waals surface area contributed by atoms with E-state index in [1.165, 1.54) is 12.1 Å². The topological polar surface area (TPSA) is 72.2 Å². The zero-order chi connectivity index (χ0) is 11.5. The van der Waals surface area contributed by atoms with Crippen LogP contribution in [0.4, 0.5) is 0 Å². The lowest BCUT2D eigenvalue weighted by molar-refractivity contribution is 0.582. The van der Waals surface area contributed by atoms with Crippen LogP contribution in [0, 0.1) is 0 Å². The Balaban J connectivity index is 0.00000225. The first-order valence-electron chi connectivity index (χ1n) is 4.12. The highest BCUT2D eigenvalue weighted by Gasteiger charge is 2.13. The van der Waals surface area contributed by atoms with Crippen molar-refractivity contribution in [1.29, 1.82) is 0 Å². The van der Waals surface area contributed by atoms with Gasteiger partial charge in [0.2, 0.25) is 10.0 Å². The maximum atomic E-state index is 11.6. The normalized spacial score (nSPS) is 10.9. The monoisotopic (exact) mass is 348 g/mol. The summed E-state index contributed by atoms with van der Waals surface area (Å²) in [5.74, 6) is 0. The fourth-order valence-corrected chi connectivity index (χ4v) is 2.49. The second-order valence-electron chi connectivity index (χ2n) is 2.76. The first kappa shape index (κ1) is 16.1. The van der Waals surface area contributed by atoms with E-state index in [0.717, 1.165) is 0 Å². The lowest BCUT2D eigenvalue weighted by Crippen LogP contribution is -2.29. The van der Waals surface area contributed by atoms with E-state index in [0.29, 0.717) is 9.50 Å². The minimum Gasteiger partial charge on any atom is -0.329 e. The van der Waals surface area contributed by atoms with Crippen molar-refractivity contribution in [2.75, 3.05) is 13.1 Å². The highest BCUT2D eigenvalue weighted by atomic mass is 79.9. The molecule has 0 fully saturated rings. The minimum atomic E-state index is -3.50. The smallest absolute Gasteiger partial charge is 0.240 e. The Morgan fingerprint density at radius 3 is 2.56 bits per heavy atom. The molecule has 92 valence electrons. The molecule has 0 bridgehead atoms. The van der Waals surface area contributed by atoms with E-state index in [-0.39, 0.29) is 30.4 Å². The van der Waals surface area contributed by atoms with Crippen LogP contribution in [0.15, 0.2) is 27.6 Å². The lowest BCUT2D eigenvalue weighted by Gasteiger charge is -2.06. The van der Waals surface area contributed by atoms with Crippen molar-refractivity contribution in [2.45, 2.75) is 4.90 Å². The van der Waals surface area contributed by atoms with Gasteiger partial charge >= 0.3 is 0 Å². The van der Waals surface area contributed by atoms with Gasteiger partial charge in [0.05, 0.1) is 9.92 Å². The first-order chi connectivity index (χ1) is 6.97. The molecule has 16 heavy (non-hydrogen) atoms. The third-order valence-corrected chi connectivity index (χ3v) is 4.33. The van der Waals surface area contributed by atoms with Crippen molar-refractivity contribution in [1.82, 2.24) is 4.72 Å². The predicted molar refractivity (Wildman–Crippen MR) is 70.6 cm³/mol. The molecule has 0 aliphatic carbocycles. The van der Waals surface area contributed by atoms with Crippen LogP contribution < -0.4 is 10.5 Å². The number of rotatable bonds is 4. The van der Waals surface area contributed by atoms with Crippen LogP contribution in [-0.2, 0) is 10.0 Å². The second kappa shape index (κ2) is 6.78. The van der Waals surface area contributed by atoms with Crippen LogP contribution in [0.5, 0.6) is 0 Å². The fraction of sp³-hybridized carbons (Fsp3) is 0.250. The summed E-state index contributed by atoms with van der Waals surface area (Å²) >= 11 is 8.97. The first-order valence-corrected chi connectivity index (χ1v) is 6.77. The molecule has 0 atom stereocenters. The molecule has 8 heteroatoms. The number of sulfonamides is 1. The summed E-state index contributed by atoms with van der Waals surface area (Å²) in [6.07, 6.45) is 0. The number of hydrogen-bond donors (Lipinski definition) is 2. The van der Waals surface area contributed by atoms with Gasteiger partial charge in [-0.1, -0.05) is 11.6 Å². The molecule has 0 aliphatic heterocycles. The van der Waals surface area contributed by atoms with Gasteiger partial charge in [0.25, 0.3) is 0 Å². The Morgan fingerprint density at radius 1 is 1.44 bits per heavy atom. The van der Waals surface area contributed by atoms with Crippen LogP contribution in [0.1, 0.15) is 0 Å². The molecule has 0 aromatic heterocycles. The van der Waals surface area contributed by atoms with Crippen molar-refractivity contribution < 1.29 is 8.42 Å². The molecule has 0 saturated heterocycles. The Kier molecular flexibility index (Phi) is 6.84. The van der Waals surface area contributed by atoms with E-state index in [2.05, 4.69) is 20.7 Å². The van der Waals surface area contributed by atoms with E-state index >= 15 is 0 Å². The number of nitrogens with one attached hydrogen (secondary N) is 1. The van der Waals surface area contributed by atoms with Crippen molar-refractivity contribution in [3.05, 3.63) is 27.7 Å². The largest absolute Gasteiger partial charge is 0.329 e. The van der Waals surface area contributed by atoms with Crippen molar-refractivity contribution in [2.24, 2.45) is 5.73 Å². The van der Waals surface area contributed by atoms with Crippen LogP contribution >= 0.6 is 39.9 Å². The van der Waals surface area contributed by atoms with Crippen LogP contribution in [0.3, 0.4) is 0 Å². The standard InChI is InChI=1S/C8H10BrClN2O2S.ClH/c9-7-2-1-6(5-8(7)10)15(13,14)12-4-3-11;/h1-2,5,12H,3-4,11H2;1H. The van der Waals surface area contributed by atoms with Gasteiger partial charge in [-0.3, -0.25) is 0 Å². The van der Waals surface area contributed by atoms with Gasteiger partial charge in [-0.25, -0.2) is 13.1 Å². The van der Waals surface area contributed by atoms with Gasteiger partial charge in [-0.15, -0.1) is 12.4 Å². The van der Waals surface area contributed by atoms with Gasteiger partial charge in [0, 0.05) is 17.6 Å². The molecule has 0 spiro atoms. The SMILES string of the molecule is Cl.NCCNS(=O)(=O)c1ccc(Br)c(Cl)c1. The van der Waals surface area contributed by atoms with Crippen molar-refractivity contribution >= 4 is 50.0 Å². The summed E-state index contributed by atoms with van der Waals surface area (Å²) in [6, 6.07) is 4.43. The zero-order valence-corrected chi connectivity index (χ0v) is 12.1. The molecule has 3 N–H and O–H groups in total. The van der Waals surface area contributed by atoms with E-state index in [1.54, 1.807) is 6.07 Å². The third kappa shape index (κ3) is 4.20. The summed E-state index contributed by atoms with van der Waals surface area (Å²) in [5, 5.41) is 0.352. The molecule has 0 radical (unpaired) electrons. The summed E-state index contributed by atoms with van der Waals surface area (Å²) in [5.41, 5.74) is 5.21. The number of halogens is 3. The molecule has 1 aromatic rings. The molecule has 0 unspecified atom stereocenters. The molecule has 0 heterocycles. The maximum absolute atomic E-state index is 11.6. The third-order valence-electron chi connectivity index (χ3n) is 1.64. The van der Waals surface area contributed by atoms with E-state index < -0.39 is 10.0 Å². The van der Waals surface area contributed by atoms with Crippen molar-refractivity contribution in [3.63, 3.8) is 0 Å². The predicted octanol–water partition coefficient (Wildman–Crippen LogP) is 1.76. The van der Waals surface area contributed by atoms with E-state index in [4.69, 9.17) is 17.3 Å². The van der Waals surface area contributed by atoms with Gasteiger partial charge in [0.1, 0.15) is 0 Å². The van der Waals surface area contributed by atoms with Crippen LogP contribution in [0.25, 0.3) is 0 Å². The van der Waals surface area contributed by atoms with E-state index in [9.17, 15) is 8.42 Å². The summed E-state index contributed by atoms with van der Waals surface area (Å²) in [4.78, 5) is 0.129. The number of hydrogen-bond acceptors (Lipinski definition) is 3. The average Bonchev–Trinajstić information content (AvgIpc) is 2.19. The molecule has 1 aromatic carbocycles. The Bertz CT molecular complexity index is 453. The second-order valence-corrected chi connectivity index (χ2v) is 5.79. The molecule has 0 amide bonds. The molecule has 4 nitrogen and oxygen atoms in total. The van der Waals surface area contributed by atoms with Gasteiger partial charge < -0.3 is 5.73 Å². The van der Waals surface area contributed by atoms with Crippen LogP contribution in [0.2, 0.25) is 5.02 Å².